The molecular weight excluding hydrogens is 529 g/mol. The van der Waals surface area contributed by atoms with E-state index >= 15 is 0 Å². The molecule has 4 heterocycles. The SMILES string of the molecule is C=CC(=O)N1CC(NC(=O)c2c(Cl)nc(CNc3n[nH]c4cc(Cl)c(C(C)(C)C)cc34)n2[C@H]2CCOC2)C1. The fraction of sp³-hybridized carbons (Fsp3) is 0.462. The van der Waals surface area contributed by atoms with Crippen molar-refractivity contribution in [1.29, 1.82) is 0 Å². The van der Waals surface area contributed by atoms with Gasteiger partial charge in [-0.1, -0.05) is 50.6 Å². The minimum atomic E-state index is -0.328. The number of anilines is 1. The predicted molar refractivity (Wildman–Crippen MR) is 147 cm³/mol. The third-order valence-corrected chi connectivity index (χ3v) is 7.58. The standard InChI is InChI=1S/C26H31Cl2N7O3/c1-5-21(36)34-11-14(12-34)30-25(37)22-23(28)31-20(35(22)15-6-7-38-13-15)10-29-24-16-8-17(26(2,3)4)18(27)9-19(16)32-33-24/h5,8-9,14-15H,1,6-7,10-13H2,2-4H3,(H,30,37)(H2,29,32,33)/t15-/m0/s1. The summed E-state index contributed by atoms with van der Waals surface area (Å²) in [5.74, 6) is 0.778. The van der Waals surface area contributed by atoms with Crippen molar-refractivity contribution in [3.8, 4) is 0 Å². The molecule has 3 N–H and O–H groups in total. The molecule has 0 saturated carbocycles. The van der Waals surface area contributed by atoms with Crippen molar-refractivity contribution in [3.05, 3.63) is 52.0 Å². The fourth-order valence-corrected chi connectivity index (χ4v) is 5.66. The van der Waals surface area contributed by atoms with Crippen LogP contribution in [-0.2, 0) is 21.5 Å². The number of hydrogen-bond donors (Lipinski definition) is 3. The summed E-state index contributed by atoms with van der Waals surface area (Å²) in [6, 6.07) is 3.70. The monoisotopic (exact) mass is 559 g/mol. The van der Waals surface area contributed by atoms with Gasteiger partial charge in [-0.15, -0.1) is 0 Å². The lowest BCUT2D eigenvalue weighted by atomic mass is 9.86. The Balaban J connectivity index is 1.39. The highest BCUT2D eigenvalue weighted by Crippen LogP contribution is 2.35. The molecule has 202 valence electrons. The second-order valence-electron chi connectivity index (χ2n) is 10.7. The number of benzene rings is 1. The average molecular weight is 560 g/mol. The zero-order valence-corrected chi connectivity index (χ0v) is 23.1. The van der Waals surface area contributed by atoms with Crippen molar-refractivity contribution in [3.63, 3.8) is 0 Å². The van der Waals surface area contributed by atoms with Gasteiger partial charge < -0.3 is 24.8 Å². The Kier molecular flexibility index (Phi) is 7.15. The van der Waals surface area contributed by atoms with E-state index in [0.717, 1.165) is 22.9 Å². The molecule has 0 unspecified atom stereocenters. The molecule has 5 rings (SSSR count). The summed E-state index contributed by atoms with van der Waals surface area (Å²) in [5.41, 5.74) is 2.00. The molecule has 12 heteroatoms. The zero-order valence-electron chi connectivity index (χ0n) is 21.6. The molecule has 1 atom stereocenters. The minimum absolute atomic E-state index is 0.0741. The Morgan fingerprint density at radius 1 is 1.29 bits per heavy atom. The summed E-state index contributed by atoms with van der Waals surface area (Å²) < 4.78 is 7.48. The van der Waals surface area contributed by atoms with E-state index in [-0.39, 0.29) is 34.5 Å². The van der Waals surface area contributed by atoms with E-state index in [0.29, 0.717) is 55.2 Å². The molecule has 2 aliphatic heterocycles. The number of imidazole rings is 1. The number of aromatic nitrogens is 4. The van der Waals surface area contributed by atoms with Gasteiger partial charge in [0.25, 0.3) is 5.91 Å². The van der Waals surface area contributed by atoms with Crippen molar-refractivity contribution in [2.75, 3.05) is 31.6 Å². The highest BCUT2D eigenvalue weighted by Gasteiger charge is 2.34. The lowest BCUT2D eigenvalue weighted by molar-refractivity contribution is -0.130. The molecule has 0 spiro atoms. The molecule has 2 aromatic heterocycles. The predicted octanol–water partition coefficient (Wildman–Crippen LogP) is 4.06. The first-order valence-electron chi connectivity index (χ1n) is 12.5. The van der Waals surface area contributed by atoms with Crippen molar-refractivity contribution in [2.24, 2.45) is 0 Å². The van der Waals surface area contributed by atoms with E-state index in [1.807, 2.05) is 16.7 Å². The quantitative estimate of drug-likeness (QED) is 0.376. The molecule has 10 nitrogen and oxygen atoms in total. The Bertz CT molecular complexity index is 1400. The van der Waals surface area contributed by atoms with Gasteiger partial charge in [0.2, 0.25) is 5.91 Å². The van der Waals surface area contributed by atoms with Gasteiger partial charge in [-0.2, -0.15) is 5.10 Å². The number of hydrogen-bond acceptors (Lipinski definition) is 6. The largest absolute Gasteiger partial charge is 0.379 e. The van der Waals surface area contributed by atoms with Crippen LogP contribution in [0.4, 0.5) is 5.82 Å². The summed E-state index contributed by atoms with van der Waals surface area (Å²) in [5, 5.41) is 15.5. The molecule has 3 aromatic rings. The molecule has 0 aliphatic carbocycles. The molecule has 38 heavy (non-hydrogen) atoms. The highest BCUT2D eigenvalue weighted by molar-refractivity contribution is 6.32. The number of fused-ring (bicyclic) bond motifs is 1. The van der Waals surface area contributed by atoms with Gasteiger partial charge in [-0.3, -0.25) is 14.7 Å². The summed E-state index contributed by atoms with van der Waals surface area (Å²) in [6.45, 7) is 12.0. The summed E-state index contributed by atoms with van der Waals surface area (Å²) in [6.07, 6.45) is 2.01. The van der Waals surface area contributed by atoms with Gasteiger partial charge in [-0.05, 0) is 35.6 Å². The number of aromatic amines is 1. The van der Waals surface area contributed by atoms with Crippen molar-refractivity contribution >= 4 is 51.7 Å². The Hall–Kier alpha value is -3.08. The molecular formula is C26H31Cl2N7O3. The first-order valence-corrected chi connectivity index (χ1v) is 13.3. The number of carbonyl (C=O) groups excluding carboxylic acids is 2. The highest BCUT2D eigenvalue weighted by atomic mass is 35.5. The first-order chi connectivity index (χ1) is 18.1. The molecule has 0 radical (unpaired) electrons. The van der Waals surface area contributed by atoms with Crippen LogP contribution in [0.1, 0.15) is 55.1 Å². The minimum Gasteiger partial charge on any atom is -0.379 e. The third kappa shape index (κ3) is 5.00. The van der Waals surface area contributed by atoms with E-state index in [1.54, 1.807) is 4.90 Å². The van der Waals surface area contributed by atoms with Crippen molar-refractivity contribution in [1.82, 2.24) is 30.0 Å². The second kappa shape index (κ2) is 10.2. The lowest BCUT2D eigenvalue weighted by Gasteiger charge is -2.38. The van der Waals surface area contributed by atoms with E-state index in [4.69, 9.17) is 27.9 Å². The molecule has 0 bridgehead atoms. The van der Waals surface area contributed by atoms with E-state index in [2.05, 4.69) is 53.2 Å². The van der Waals surface area contributed by atoms with Crippen LogP contribution in [0, 0.1) is 0 Å². The van der Waals surface area contributed by atoms with Crippen LogP contribution >= 0.6 is 23.2 Å². The second-order valence-corrected chi connectivity index (χ2v) is 11.5. The van der Waals surface area contributed by atoms with Gasteiger partial charge in [0.05, 0.1) is 30.8 Å². The number of rotatable bonds is 7. The van der Waals surface area contributed by atoms with E-state index in [1.165, 1.54) is 6.08 Å². The maximum Gasteiger partial charge on any atom is 0.271 e. The Morgan fingerprint density at radius 2 is 2.05 bits per heavy atom. The number of nitrogens with zero attached hydrogens (tertiary/aromatic N) is 4. The summed E-state index contributed by atoms with van der Waals surface area (Å²) in [7, 11) is 0. The number of ether oxygens (including phenoxy) is 1. The maximum atomic E-state index is 13.3. The molecule has 2 aliphatic rings. The maximum absolute atomic E-state index is 13.3. The van der Waals surface area contributed by atoms with Crippen LogP contribution in [0.25, 0.3) is 10.9 Å². The number of amides is 2. The average Bonchev–Trinajstić information content (AvgIpc) is 3.56. The Labute approximate surface area is 230 Å². The zero-order chi connectivity index (χ0) is 27.2. The third-order valence-electron chi connectivity index (χ3n) is 7.00. The van der Waals surface area contributed by atoms with Crippen molar-refractivity contribution in [2.45, 2.75) is 51.2 Å². The normalized spacial score (nSPS) is 18.0. The molecule has 2 fully saturated rings. The Morgan fingerprint density at radius 3 is 2.71 bits per heavy atom. The van der Waals surface area contributed by atoms with Crippen LogP contribution in [0.15, 0.2) is 24.8 Å². The van der Waals surface area contributed by atoms with Gasteiger partial charge in [0.1, 0.15) is 11.5 Å². The first kappa shape index (κ1) is 26.5. The number of likely N-dealkylation sites (tertiary alicyclic amines) is 1. The molecule has 1 aromatic carbocycles. The van der Waals surface area contributed by atoms with Crippen LogP contribution in [-0.4, -0.2) is 68.8 Å². The van der Waals surface area contributed by atoms with E-state index in [9.17, 15) is 9.59 Å². The van der Waals surface area contributed by atoms with Crippen LogP contribution in [0.3, 0.4) is 0 Å². The fourth-order valence-electron chi connectivity index (χ4n) is 4.94. The topological polar surface area (TPSA) is 117 Å². The van der Waals surface area contributed by atoms with Crippen molar-refractivity contribution < 1.29 is 14.3 Å². The lowest BCUT2D eigenvalue weighted by Crippen LogP contribution is -2.60. The van der Waals surface area contributed by atoms with Gasteiger partial charge in [-0.25, -0.2) is 4.98 Å². The number of halogens is 2. The summed E-state index contributed by atoms with van der Waals surface area (Å²) >= 11 is 13.1. The smallest absolute Gasteiger partial charge is 0.271 e. The van der Waals surface area contributed by atoms with Gasteiger partial charge in [0, 0.05) is 30.1 Å². The van der Waals surface area contributed by atoms with Gasteiger partial charge in [0.15, 0.2) is 11.0 Å². The van der Waals surface area contributed by atoms with E-state index < -0.39 is 0 Å². The number of nitrogens with one attached hydrogen (secondary N) is 3. The van der Waals surface area contributed by atoms with Crippen LogP contribution < -0.4 is 10.6 Å². The summed E-state index contributed by atoms with van der Waals surface area (Å²) in [4.78, 5) is 31.2. The number of carbonyl (C=O) groups is 2. The number of H-pyrrole nitrogens is 1. The molecule has 2 amide bonds. The van der Waals surface area contributed by atoms with Crippen LogP contribution in [0.5, 0.6) is 0 Å². The van der Waals surface area contributed by atoms with Crippen LogP contribution in [0.2, 0.25) is 10.2 Å². The molecule has 2 saturated heterocycles. The van der Waals surface area contributed by atoms with Gasteiger partial charge >= 0.3 is 0 Å².